The van der Waals surface area contributed by atoms with E-state index in [0.717, 1.165) is 0 Å². The van der Waals surface area contributed by atoms with Crippen molar-refractivity contribution in [2.75, 3.05) is 0 Å². The van der Waals surface area contributed by atoms with E-state index in [0.29, 0.717) is 0 Å². The Morgan fingerprint density at radius 1 is 0.750 bits per heavy atom. The van der Waals surface area contributed by atoms with Gasteiger partial charge in [0.1, 0.15) is 12.7 Å². The van der Waals surface area contributed by atoms with Gasteiger partial charge >= 0.3 is 0 Å². The Balaban J connectivity index is 2.46. The van der Waals surface area contributed by atoms with E-state index in [1.807, 2.05) is 0 Å². The van der Waals surface area contributed by atoms with Crippen LogP contribution < -0.4 is 0 Å². The highest BCUT2D eigenvalue weighted by Crippen LogP contribution is 1.99. The molecule has 12 heavy (non-hydrogen) atoms. The minimum Gasteiger partial charge on any atom is -0.210 e. The molecular formula is C4H2N8. The lowest BCUT2D eigenvalue weighted by Crippen LogP contribution is -1.99. The first-order valence-corrected chi connectivity index (χ1v) is 2.98. The second-order valence-electron chi connectivity index (χ2n) is 1.75. The zero-order chi connectivity index (χ0) is 8.23. The van der Waals surface area contributed by atoms with Crippen LogP contribution in [0.4, 0.5) is 0 Å². The van der Waals surface area contributed by atoms with Crippen LogP contribution >= 0.6 is 0 Å². The predicted molar refractivity (Wildman–Crippen MR) is 34.2 cm³/mol. The molecule has 2 heterocycles. The van der Waals surface area contributed by atoms with Gasteiger partial charge in [-0.25, -0.2) is 9.97 Å². The molecule has 0 aliphatic heterocycles. The topological polar surface area (TPSA) is 103 Å². The van der Waals surface area contributed by atoms with E-state index in [-0.39, 0.29) is 11.6 Å². The molecule has 0 unspecified atom stereocenters. The first-order valence-electron chi connectivity index (χ1n) is 2.98. The summed E-state index contributed by atoms with van der Waals surface area (Å²) in [5, 5.41) is 20.7. The number of rotatable bonds is 1. The lowest BCUT2D eigenvalue weighted by Gasteiger charge is -1.90. The molecule has 0 aliphatic rings. The summed E-state index contributed by atoms with van der Waals surface area (Å²) in [6, 6.07) is 0. The third-order valence-corrected chi connectivity index (χ3v) is 1.05. The van der Waals surface area contributed by atoms with Gasteiger partial charge in [0.15, 0.2) is 0 Å². The van der Waals surface area contributed by atoms with E-state index in [9.17, 15) is 0 Å². The van der Waals surface area contributed by atoms with E-state index in [1.165, 1.54) is 12.7 Å². The standard InChI is InChI=1S/C4H2N8/c1-5-3(9-11-7-1)4-6-2-8-12-10-4/h1-2H. The summed E-state index contributed by atoms with van der Waals surface area (Å²) in [4.78, 5) is 7.54. The van der Waals surface area contributed by atoms with Gasteiger partial charge in [-0.15, -0.1) is 20.4 Å². The quantitative estimate of drug-likeness (QED) is 0.499. The van der Waals surface area contributed by atoms with Crippen LogP contribution in [-0.4, -0.2) is 40.8 Å². The van der Waals surface area contributed by atoms with Crippen LogP contribution in [0.1, 0.15) is 0 Å². The van der Waals surface area contributed by atoms with Gasteiger partial charge in [0.05, 0.1) is 0 Å². The Hall–Kier alpha value is -2.12. The molecule has 0 aliphatic carbocycles. The second kappa shape index (κ2) is 2.86. The molecule has 0 bridgehead atoms. The molecule has 8 heteroatoms. The first-order chi connectivity index (χ1) is 5.97. The van der Waals surface area contributed by atoms with Gasteiger partial charge in [0.2, 0.25) is 11.6 Å². The molecule has 8 nitrogen and oxygen atoms in total. The molecule has 2 aromatic rings. The fraction of sp³-hybridized carbons (Fsp3) is 0. The Kier molecular flexibility index (Phi) is 1.57. The highest BCUT2D eigenvalue weighted by Gasteiger charge is 2.02. The van der Waals surface area contributed by atoms with Crippen LogP contribution in [0.15, 0.2) is 12.7 Å². The van der Waals surface area contributed by atoms with Gasteiger partial charge in [-0.1, -0.05) is 0 Å². The van der Waals surface area contributed by atoms with Crippen LogP contribution in [0.3, 0.4) is 0 Å². The molecule has 0 radical (unpaired) electrons. The minimum atomic E-state index is 0.278. The summed E-state index contributed by atoms with van der Waals surface area (Å²) >= 11 is 0. The monoisotopic (exact) mass is 162 g/mol. The molecule has 58 valence electrons. The van der Waals surface area contributed by atoms with E-state index in [4.69, 9.17) is 0 Å². The molecule has 0 atom stereocenters. The maximum absolute atomic E-state index is 3.77. The second-order valence-corrected chi connectivity index (χ2v) is 1.75. The van der Waals surface area contributed by atoms with Crippen LogP contribution in [-0.2, 0) is 0 Å². The Morgan fingerprint density at radius 2 is 1.25 bits per heavy atom. The summed E-state index contributed by atoms with van der Waals surface area (Å²) in [5.74, 6) is 0.555. The van der Waals surface area contributed by atoms with Gasteiger partial charge in [-0.05, 0) is 10.4 Å². The summed E-state index contributed by atoms with van der Waals surface area (Å²) in [6.07, 6.45) is 2.51. The molecule has 0 aromatic carbocycles. The first kappa shape index (κ1) is 6.58. The molecule has 0 fully saturated rings. The van der Waals surface area contributed by atoms with E-state index < -0.39 is 0 Å². The van der Waals surface area contributed by atoms with Gasteiger partial charge < -0.3 is 0 Å². The fourth-order valence-corrected chi connectivity index (χ4v) is 0.600. The largest absolute Gasteiger partial charge is 0.224 e. The van der Waals surface area contributed by atoms with Crippen LogP contribution in [0.2, 0.25) is 0 Å². The molecule has 0 saturated carbocycles. The van der Waals surface area contributed by atoms with Crippen molar-refractivity contribution in [2.45, 2.75) is 0 Å². The fourth-order valence-electron chi connectivity index (χ4n) is 0.600. The molecule has 0 amide bonds. The normalized spacial score (nSPS) is 9.67. The van der Waals surface area contributed by atoms with Crippen molar-refractivity contribution in [1.82, 2.24) is 40.8 Å². The van der Waals surface area contributed by atoms with Gasteiger partial charge in [-0.3, -0.25) is 0 Å². The Bertz CT molecular complexity index is 308. The molecule has 0 saturated heterocycles. The minimum absolute atomic E-state index is 0.278. The smallest absolute Gasteiger partial charge is 0.210 e. The highest BCUT2D eigenvalue weighted by atomic mass is 15.4. The van der Waals surface area contributed by atoms with Crippen molar-refractivity contribution in [3.05, 3.63) is 12.7 Å². The third kappa shape index (κ3) is 1.17. The van der Waals surface area contributed by atoms with Gasteiger partial charge in [0, 0.05) is 0 Å². The van der Waals surface area contributed by atoms with Crippen LogP contribution in [0, 0.1) is 0 Å². The summed E-state index contributed by atoms with van der Waals surface area (Å²) in [5.41, 5.74) is 0. The number of nitrogens with zero attached hydrogens (tertiary/aromatic N) is 8. The van der Waals surface area contributed by atoms with Crippen molar-refractivity contribution < 1.29 is 0 Å². The van der Waals surface area contributed by atoms with Crippen molar-refractivity contribution in [2.24, 2.45) is 0 Å². The number of aromatic nitrogens is 8. The average Bonchev–Trinajstić information content (AvgIpc) is 2.21. The lowest BCUT2D eigenvalue weighted by atomic mass is 10.6. The predicted octanol–water partition coefficient (Wildman–Crippen LogP) is -1.49. The zero-order valence-corrected chi connectivity index (χ0v) is 5.73. The highest BCUT2D eigenvalue weighted by molar-refractivity contribution is 5.38. The van der Waals surface area contributed by atoms with Crippen molar-refractivity contribution in [3.63, 3.8) is 0 Å². The maximum Gasteiger partial charge on any atom is 0.224 e. The molecular weight excluding hydrogens is 160 g/mol. The van der Waals surface area contributed by atoms with Gasteiger partial charge in [-0.2, -0.15) is 0 Å². The van der Waals surface area contributed by atoms with Gasteiger partial charge in [0.25, 0.3) is 0 Å². The van der Waals surface area contributed by atoms with Crippen molar-refractivity contribution in [1.29, 1.82) is 0 Å². The molecule has 0 N–H and O–H groups in total. The average molecular weight is 162 g/mol. The van der Waals surface area contributed by atoms with Crippen LogP contribution in [0.25, 0.3) is 11.6 Å². The molecule has 2 rings (SSSR count). The van der Waals surface area contributed by atoms with Crippen molar-refractivity contribution in [3.8, 4) is 11.6 Å². The van der Waals surface area contributed by atoms with Crippen molar-refractivity contribution >= 4 is 0 Å². The summed E-state index contributed by atoms with van der Waals surface area (Å²) in [7, 11) is 0. The Labute approximate surface area is 66.1 Å². The number of hydrogen-bond acceptors (Lipinski definition) is 8. The van der Waals surface area contributed by atoms with Crippen LogP contribution in [0.5, 0.6) is 0 Å². The Morgan fingerprint density at radius 3 is 1.58 bits per heavy atom. The maximum atomic E-state index is 3.77. The van der Waals surface area contributed by atoms with E-state index in [2.05, 4.69) is 40.8 Å². The lowest BCUT2D eigenvalue weighted by molar-refractivity contribution is 0.782. The van der Waals surface area contributed by atoms with E-state index in [1.54, 1.807) is 0 Å². The molecule has 0 spiro atoms. The SMILES string of the molecule is c1nnnc(-c2ncnnn2)n1. The number of hydrogen-bond donors (Lipinski definition) is 0. The third-order valence-electron chi connectivity index (χ3n) is 1.05. The summed E-state index contributed by atoms with van der Waals surface area (Å²) < 4.78 is 0. The van der Waals surface area contributed by atoms with E-state index >= 15 is 0 Å². The molecule has 2 aromatic heterocycles. The zero-order valence-electron chi connectivity index (χ0n) is 5.73. The summed E-state index contributed by atoms with van der Waals surface area (Å²) in [6.45, 7) is 0.